The second-order valence-corrected chi connectivity index (χ2v) is 8.49. The SMILES string of the molecule is CN1CCN(Cc2ccc(CNC(=O)c3ccc(NC4CC4)c([N+](=O)[O-])c3)cc2)CC1. The van der Waals surface area contributed by atoms with Gasteiger partial charge in [-0.2, -0.15) is 0 Å². The molecule has 2 fully saturated rings. The maximum Gasteiger partial charge on any atom is 0.293 e. The number of nitrogens with one attached hydrogen (secondary N) is 2. The topological polar surface area (TPSA) is 90.8 Å². The summed E-state index contributed by atoms with van der Waals surface area (Å²) in [5, 5.41) is 17.4. The fourth-order valence-corrected chi connectivity index (χ4v) is 3.70. The van der Waals surface area contributed by atoms with E-state index >= 15 is 0 Å². The van der Waals surface area contributed by atoms with Gasteiger partial charge < -0.3 is 15.5 Å². The molecule has 1 saturated heterocycles. The lowest BCUT2D eigenvalue weighted by Crippen LogP contribution is -2.43. The Morgan fingerprint density at radius 1 is 1.06 bits per heavy atom. The standard InChI is InChI=1S/C23H29N5O3/c1-26-10-12-27(13-11-26)16-18-4-2-17(3-5-18)15-24-23(29)19-6-9-21(25-20-7-8-20)22(14-19)28(30)31/h2-6,9,14,20,25H,7-8,10-13,15-16H2,1H3,(H,24,29). The third kappa shape index (κ3) is 5.80. The number of benzene rings is 2. The van der Waals surface area contributed by atoms with Crippen LogP contribution in [-0.4, -0.2) is 59.9 Å². The number of hydrogen-bond acceptors (Lipinski definition) is 6. The van der Waals surface area contributed by atoms with Gasteiger partial charge in [-0.05, 0) is 43.1 Å². The summed E-state index contributed by atoms with van der Waals surface area (Å²) < 4.78 is 0. The van der Waals surface area contributed by atoms with Crippen LogP contribution in [0.4, 0.5) is 11.4 Å². The lowest BCUT2D eigenvalue weighted by molar-refractivity contribution is -0.384. The summed E-state index contributed by atoms with van der Waals surface area (Å²) in [6.45, 7) is 5.67. The van der Waals surface area contributed by atoms with Crippen molar-refractivity contribution in [3.63, 3.8) is 0 Å². The minimum absolute atomic E-state index is 0.0622. The van der Waals surface area contributed by atoms with Crippen molar-refractivity contribution in [1.82, 2.24) is 15.1 Å². The van der Waals surface area contributed by atoms with Gasteiger partial charge in [0.2, 0.25) is 0 Å². The van der Waals surface area contributed by atoms with Crippen LogP contribution in [-0.2, 0) is 13.1 Å². The zero-order valence-electron chi connectivity index (χ0n) is 17.8. The Kier molecular flexibility index (Phi) is 6.48. The summed E-state index contributed by atoms with van der Waals surface area (Å²) in [6.07, 6.45) is 2.04. The molecule has 0 spiro atoms. The molecule has 1 saturated carbocycles. The van der Waals surface area contributed by atoms with Gasteiger partial charge in [-0.1, -0.05) is 24.3 Å². The van der Waals surface area contributed by atoms with E-state index in [0.29, 0.717) is 23.8 Å². The lowest BCUT2D eigenvalue weighted by atomic mass is 10.1. The van der Waals surface area contributed by atoms with E-state index < -0.39 is 4.92 Å². The maximum atomic E-state index is 12.5. The number of nitrogens with zero attached hydrogens (tertiary/aromatic N) is 3. The Morgan fingerprint density at radius 2 is 1.74 bits per heavy atom. The van der Waals surface area contributed by atoms with Gasteiger partial charge in [-0.3, -0.25) is 19.8 Å². The van der Waals surface area contributed by atoms with Crippen molar-refractivity contribution in [3.8, 4) is 0 Å². The second kappa shape index (κ2) is 9.45. The van der Waals surface area contributed by atoms with Crippen LogP contribution in [0, 0.1) is 10.1 Å². The van der Waals surface area contributed by atoms with Crippen molar-refractivity contribution in [2.75, 3.05) is 38.5 Å². The van der Waals surface area contributed by atoms with Gasteiger partial charge >= 0.3 is 0 Å². The molecule has 0 unspecified atom stereocenters. The predicted octanol–water partition coefficient (Wildman–Crippen LogP) is 2.85. The molecule has 4 rings (SSSR count). The van der Waals surface area contributed by atoms with Crippen LogP contribution in [0.2, 0.25) is 0 Å². The first-order valence-corrected chi connectivity index (χ1v) is 10.8. The first-order chi connectivity index (χ1) is 15.0. The molecule has 164 valence electrons. The van der Waals surface area contributed by atoms with Crippen molar-refractivity contribution in [1.29, 1.82) is 0 Å². The van der Waals surface area contributed by atoms with Gasteiger partial charge in [0.1, 0.15) is 5.69 Å². The molecule has 1 aliphatic heterocycles. The number of likely N-dealkylation sites (N-methyl/N-ethyl adjacent to an activating group) is 1. The predicted molar refractivity (Wildman–Crippen MR) is 120 cm³/mol. The number of nitro benzene ring substituents is 1. The van der Waals surface area contributed by atoms with E-state index in [1.807, 2.05) is 12.1 Å². The number of carbonyl (C=O) groups is 1. The quantitative estimate of drug-likeness (QED) is 0.501. The zero-order valence-corrected chi connectivity index (χ0v) is 17.8. The molecule has 1 heterocycles. The highest BCUT2D eigenvalue weighted by Gasteiger charge is 2.25. The van der Waals surface area contributed by atoms with Crippen molar-refractivity contribution < 1.29 is 9.72 Å². The summed E-state index contributed by atoms with van der Waals surface area (Å²) in [7, 11) is 2.15. The Balaban J connectivity index is 1.32. The largest absolute Gasteiger partial charge is 0.377 e. The van der Waals surface area contributed by atoms with Gasteiger partial charge in [0.05, 0.1) is 4.92 Å². The van der Waals surface area contributed by atoms with E-state index in [4.69, 9.17) is 0 Å². The molecule has 0 atom stereocenters. The summed E-state index contributed by atoms with van der Waals surface area (Å²) in [5.41, 5.74) is 2.96. The Labute approximate surface area is 182 Å². The van der Waals surface area contributed by atoms with Crippen LogP contribution in [0.15, 0.2) is 42.5 Å². The normalized spacial score (nSPS) is 17.3. The van der Waals surface area contributed by atoms with Crippen LogP contribution >= 0.6 is 0 Å². The molecular formula is C23H29N5O3. The zero-order chi connectivity index (χ0) is 21.8. The fourth-order valence-electron chi connectivity index (χ4n) is 3.70. The van der Waals surface area contributed by atoms with E-state index in [-0.39, 0.29) is 11.6 Å². The minimum Gasteiger partial charge on any atom is -0.377 e. The summed E-state index contributed by atoms with van der Waals surface area (Å²) in [5.74, 6) is -0.317. The highest BCUT2D eigenvalue weighted by Crippen LogP contribution is 2.31. The van der Waals surface area contributed by atoms with Crippen LogP contribution in [0.1, 0.15) is 34.3 Å². The maximum absolute atomic E-state index is 12.5. The first kappa shape index (κ1) is 21.3. The smallest absolute Gasteiger partial charge is 0.293 e. The molecule has 2 aliphatic rings. The van der Waals surface area contributed by atoms with E-state index in [1.54, 1.807) is 12.1 Å². The molecule has 31 heavy (non-hydrogen) atoms. The van der Waals surface area contributed by atoms with Gasteiger partial charge in [0.25, 0.3) is 11.6 Å². The second-order valence-electron chi connectivity index (χ2n) is 8.49. The van der Waals surface area contributed by atoms with E-state index in [9.17, 15) is 14.9 Å². The van der Waals surface area contributed by atoms with Gasteiger partial charge in [-0.25, -0.2) is 0 Å². The summed E-state index contributed by atoms with van der Waals surface area (Å²) >= 11 is 0. The van der Waals surface area contributed by atoms with E-state index in [2.05, 4.69) is 39.6 Å². The van der Waals surface area contributed by atoms with Crippen LogP contribution in [0.5, 0.6) is 0 Å². The molecular weight excluding hydrogens is 394 g/mol. The van der Waals surface area contributed by atoms with Crippen molar-refractivity contribution in [3.05, 3.63) is 69.3 Å². The lowest BCUT2D eigenvalue weighted by Gasteiger charge is -2.32. The number of carbonyl (C=O) groups excluding carboxylic acids is 1. The average Bonchev–Trinajstić information content (AvgIpc) is 3.59. The average molecular weight is 424 g/mol. The number of amides is 1. The van der Waals surface area contributed by atoms with Crippen molar-refractivity contribution >= 4 is 17.3 Å². The van der Waals surface area contributed by atoms with Crippen molar-refractivity contribution in [2.45, 2.75) is 32.0 Å². The Morgan fingerprint density at radius 3 is 2.39 bits per heavy atom. The number of piperazine rings is 1. The molecule has 2 aromatic carbocycles. The minimum atomic E-state index is -0.444. The van der Waals surface area contributed by atoms with E-state index in [1.165, 1.54) is 11.6 Å². The molecule has 1 amide bonds. The van der Waals surface area contributed by atoms with Gasteiger partial charge in [0, 0.05) is 56.9 Å². The molecule has 8 heteroatoms. The highest BCUT2D eigenvalue weighted by atomic mass is 16.6. The highest BCUT2D eigenvalue weighted by molar-refractivity contribution is 5.95. The fraction of sp³-hybridized carbons (Fsp3) is 0.435. The molecule has 1 aliphatic carbocycles. The molecule has 0 bridgehead atoms. The Hall–Kier alpha value is -2.97. The number of anilines is 1. The van der Waals surface area contributed by atoms with Crippen LogP contribution in [0.25, 0.3) is 0 Å². The number of rotatable bonds is 8. The molecule has 2 aromatic rings. The summed E-state index contributed by atoms with van der Waals surface area (Å²) in [6, 6.07) is 13.2. The third-order valence-electron chi connectivity index (χ3n) is 5.87. The first-order valence-electron chi connectivity index (χ1n) is 10.8. The number of hydrogen-bond donors (Lipinski definition) is 2. The Bertz CT molecular complexity index is 935. The number of nitro groups is 1. The van der Waals surface area contributed by atoms with Crippen LogP contribution < -0.4 is 10.6 Å². The monoisotopic (exact) mass is 423 g/mol. The van der Waals surface area contributed by atoms with Crippen LogP contribution in [0.3, 0.4) is 0 Å². The summed E-state index contributed by atoms with van der Waals surface area (Å²) in [4.78, 5) is 28.3. The third-order valence-corrected chi connectivity index (χ3v) is 5.87. The van der Waals surface area contributed by atoms with Gasteiger partial charge in [-0.15, -0.1) is 0 Å². The van der Waals surface area contributed by atoms with E-state index in [0.717, 1.165) is 51.1 Å². The molecule has 0 radical (unpaired) electrons. The molecule has 0 aromatic heterocycles. The van der Waals surface area contributed by atoms with Crippen molar-refractivity contribution in [2.24, 2.45) is 0 Å². The molecule has 8 nitrogen and oxygen atoms in total. The molecule has 2 N–H and O–H groups in total. The van der Waals surface area contributed by atoms with Gasteiger partial charge in [0.15, 0.2) is 0 Å².